The van der Waals surface area contributed by atoms with E-state index in [2.05, 4.69) is 32.6 Å². The van der Waals surface area contributed by atoms with Gasteiger partial charge >= 0.3 is 6.03 Å². The van der Waals surface area contributed by atoms with Crippen molar-refractivity contribution in [2.24, 2.45) is 0 Å². The molecule has 2 rings (SSSR count). The van der Waals surface area contributed by atoms with E-state index in [-0.39, 0.29) is 12.1 Å². The number of nitrogens with zero attached hydrogens (tertiary/aromatic N) is 3. The highest BCUT2D eigenvalue weighted by Gasteiger charge is 2.18. The van der Waals surface area contributed by atoms with Crippen molar-refractivity contribution in [1.82, 2.24) is 30.6 Å². The summed E-state index contributed by atoms with van der Waals surface area (Å²) in [5.74, 6) is 0. The summed E-state index contributed by atoms with van der Waals surface area (Å²) in [5.41, 5.74) is 4.91. The zero-order valence-electron chi connectivity index (χ0n) is 14.5. The average Bonchev–Trinajstić information content (AvgIpc) is 3.06. The normalized spacial score (nSPS) is 12.2. The van der Waals surface area contributed by atoms with Crippen LogP contribution in [0.15, 0.2) is 6.07 Å². The monoisotopic (exact) mass is 318 g/mol. The maximum atomic E-state index is 12.4. The van der Waals surface area contributed by atoms with E-state index >= 15 is 0 Å². The summed E-state index contributed by atoms with van der Waals surface area (Å²) in [6, 6.07) is 1.80. The Morgan fingerprint density at radius 1 is 1.35 bits per heavy atom. The molecule has 0 fully saturated rings. The summed E-state index contributed by atoms with van der Waals surface area (Å²) in [4.78, 5) is 14.0. The molecule has 0 saturated carbocycles. The number of aromatic nitrogens is 4. The predicted octanol–water partition coefficient (Wildman–Crippen LogP) is 2.60. The molecule has 23 heavy (non-hydrogen) atoms. The average molecular weight is 318 g/mol. The third kappa shape index (κ3) is 4.12. The molecule has 0 bridgehead atoms. The molecule has 2 aromatic heterocycles. The van der Waals surface area contributed by atoms with Crippen LogP contribution in [0.25, 0.3) is 0 Å². The Bertz CT molecular complexity index is 640. The van der Waals surface area contributed by atoms with Gasteiger partial charge in [-0.15, -0.1) is 0 Å². The number of amides is 2. The van der Waals surface area contributed by atoms with Crippen LogP contribution in [0.2, 0.25) is 0 Å². The second kappa shape index (κ2) is 7.30. The zero-order valence-corrected chi connectivity index (χ0v) is 14.5. The number of carbonyl (C=O) groups excluding carboxylic acids is 1. The Morgan fingerprint density at radius 3 is 2.70 bits per heavy atom. The molecule has 0 aromatic carbocycles. The SMILES string of the molecule is CCCc1cc(CN(C)C(=O)N[C@H](C)c2c(C)n[nH]c2C)[nH]n1. The first kappa shape index (κ1) is 17.1. The van der Waals surface area contributed by atoms with Crippen molar-refractivity contribution in [2.75, 3.05) is 7.05 Å². The number of nitrogens with one attached hydrogen (secondary N) is 3. The van der Waals surface area contributed by atoms with Crippen LogP contribution in [0.1, 0.15) is 54.6 Å². The van der Waals surface area contributed by atoms with Crippen LogP contribution < -0.4 is 5.32 Å². The first-order valence-electron chi connectivity index (χ1n) is 7.98. The Hall–Kier alpha value is -2.31. The minimum absolute atomic E-state index is 0.0962. The number of carbonyl (C=O) groups is 1. The Balaban J connectivity index is 1.94. The fourth-order valence-electron chi connectivity index (χ4n) is 2.77. The molecule has 0 aliphatic carbocycles. The van der Waals surface area contributed by atoms with Gasteiger partial charge in [-0.2, -0.15) is 10.2 Å². The highest BCUT2D eigenvalue weighted by Crippen LogP contribution is 2.19. The van der Waals surface area contributed by atoms with Gasteiger partial charge in [0.15, 0.2) is 0 Å². The van der Waals surface area contributed by atoms with E-state index in [0.29, 0.717) is 6.54 Å². The van der Waals surface area contributed by atoms with E-state index in [9.17, 15) is 4.79 Å². The van der Waals surface area contributed by atoms with Crippen LogP contribution in [0.5, 0.6) is 0 Å². The third-order valence-electron chi connectivity index (χ3n) is 3.90. The van der Waals surface area contributed by atoms with Crippen LogP contribution in [0.4, 0.5) is 4.79 Å². The highest BCUT2D eigenvalue weighted by atomic mass is 16.2. The van der Waals surface area contributed by atoms with E-state index < -0.39 is 0 Å². The molecule has 3 N–H and O–H groups in total. The molecule has 0 aliphatic rings. The summed E-state index contributed by atoms with van der Waals surface area (Å²) in [6.07, 6.45) is 2.00. The van der Waals surface area contributed by atoms with Crippen molar-refractivity contribution in [2.45, 2.75) is 53.1 Å². The molecule has 0 aliphatic heterocycles. The number of urea groups is 1. The molecule has 0 unspecified atom stereocenters. The highest BCUT2D eigenvalue weighted by molar-refractivity contribution is 5.74. The summed E-state index contributed by atoms with van der Waals surface area (Å²) in [7, 11) is 1.78. The maximum Gasteiger partial charge on any atom is 0.317 e. The van der Waals surface area contributed by atoms with Gasteiger partial charge in [-0.05, 0) is 33.3 Å². The number of rotatable bonds is 6. The van der Waals surface area contributed by atoms with Gasteiger partial charge in [-0.25, -0.2) is 4.79 Å². The fourth-order valence-corrected chi connectivity index (χ4v) is 2.77. The smallest absolute Gasteiger partial charge is 0.317 e. The molecule has 7 heteroatoms. The van der Waals surface area contributed by atoms with Crippen LogP contribution >= 0.6 is 0 Å². The lowest BCUT2D eigenvalue weighted by Crippen LogP contribution is -2.38. The molecule has 2 heterocycles. The van der Waals surface area contributed by atoms with E-state index in [4.69, 9.17) is 0 Å². The van der Waals surface area contributed by atoms with E-state index in [1.807, 2.05) is 26.8 Å². The van der Waals surface area contributed by atoms with Crippen molar-refractivity contribution in [3.8, 4) is 0 Å². The Morgan fingerprint density at radius 2 is 2.09 bits per heavy atom. The van der Waals surface area contributed by atoms with Gasteiger partial charge in [0.25, 0.3) is 0 Å². The standard InChI is InChI=1S/C16H26N6O/c1-6-7-13-8-14(21-20-13)9-22(5)16(23)17-10(2)15-11(3)18-19-12(15)4/h8,10H,6-7,9H2,1-5H3,(H,17,23)(H,18,19)(H,20,21)/t10-/m1/s1. The van der Waals surface area contributed by atoms with Crippen molar-refractivity contribution < 1.29 is 4.79 Å². The molecule has 126 valence electrons. The maximum absolute atomic E-state index is 12.4. The minimum Gasteiger partial charge on any atom is -0.331 e. The van der Waals surface area contributed by atoms with E-state index in [1.54, 1.807) is 11.9 Å². The molecule has 7 nitrogen and oxygen atoms in total. The van der Waals surface area contributed by atoms with Crippen molar-refractivity contribution in [1.29, 1.82) is 0 Å². The van der Waals surface area contributed by atoms with Gasteiger partial charge < -0.3 is 10.2 Å². The molecule has 1 atom stereocenters. The number of aryl methyl sites for hydroxylation is 3. The number of aromatic amines is 2. The largest absolute Gasteiger partial charge is 0.331 e. The topological polar surface area (TPSA) is 89.7 Å². The first-order chi connectivity index (χ1) is 10.9. The van der Waals surface area contributed by atoms with Gasteiger partial charge in [0.1, 0.15) is 0 Å². The number of H-pyrrole nitrogens is 2. The van der Waals surface area contributed by atoms with Crippen molar-refractivity contribution in [3.63, 3.8) is 0 Å². The van der Waals surface area contributed by atoms with Gasteiger partial charge in [-0.1, -0.05) is 13.3 Å². The summed E-state index contributed by atoms with van der Waals surface area (Å²) >= 11 is 0. The third-order valence-corrected chi connectivity index (χ3v) is 3.90. The fraction of sp³-hybridized carbons (Fsp3) is 0.562. The van der Waals surface area contributed by atoms with Crippen LogP contribution in [-0.2, 0) is 13.0 Å². The lowest BCUT2D eigenvalue weighted by atomic mass is 10.1. The van der Waals surface area contributed by atoms with Gasteiger partial charge in [0.2, 0.25) is 0 Å². The summed E-state index contributed by atoms with van der Waals surface area (Å²) in [6.45, 7) is 8.48. The predicted molar refractivity (Wildman–Crippen MR) is 89.1 cm³/mol. The zero-order chi connectivity index (χ0) is 17.0. The Kier molecular flexibility index (Phi) is 5.41. The Labute approximate surface area is 136 Å². The second-order valence-corrected chi connectivity index (χ2v) is 6.01. The summed E-state index contributed by atoms with van der Waals surface area (Å²) in [5, 5.41) is 17.4. The molecule has 2 amide bonds. The molecule has 0 saturated heterocycles. The van der Waals surface area contributed by atoms with Gasteiger partial charge in [0, 0.05) is 18.3 Å². The summed E-state index contributed by atoms with van der Waals surface area (Å²) < 4.78 is 0. The molecular weight excluding hydrogens is 292 g/mol. The number of hydrogen-bond acceptors (Lipinski definition) is 3. The first-order valence-corrected chi connectivity index (χ1v) is 7.98. The van der Waals surface area contributed by atoms with E-state index in [0.717, 1.165) is 41.2 Å². The van der Waals surface area contributed by atoms with Gasteiger partial charge in [0.05, 0.1) is 29.7 Å². The molecule has 0 spiro atoms. The van der Waals surface area contributed by atoms with Gasteiger partial charge in [-0.3, -0.25) is 10.2 Å². The lowest BCUT2D eigenvalue weighted by molar-refractivity contribution is 0.203. The van der Waals surface area contributed by atoms with Crippen molar-refractivity contribution in [3.05, 3.63) is 34.4 Å². The quantitative estimate of drug-likeness (QED) is 0.764. The molecule has 0 radical (unpaired) electrons. The molecule has 2 aromatic rings. The van der Waals surface area contributed by atoms with Crippen LogP contribution in [-0.4, -0.2) is 38.4 Å². The van der Waals surface area contributed by atoms with Crippen LogP contribution in [0.3, 0.4) is 0 Å². The minimum atomic E-state index is -0.121. The number of hydrogen-bond donors (Lipinski definition) is 3. The van der Waals surface area contributed by atoms with E-state index in [1.165, 1.54) is 0 Å². The lowest BCUT2D eigenvalue weighted by Gasteiger charge is -2.21. The second-order valence-electron chi connectivity index (χ2n) is 6.01. The molecular formula is C16H26N6O. The van der Waals surface area contributed by atoms with Crippen molar-refractivity contribution >= 4 is 6.03 Å². The van der Waals surface area contributed by atoms with Crippen LogP contribution in [0, 0.1) is 13.8 Å².